The summed E-state index contributed by atoms with van der Waals surface area (Å²) in [6.07, 6.45) is -0.654. The highest BCUT2D eigenvalue weighted by Gasteiger charge is 2.13. The maximum absolute atomic E-state index is 11.2. The van der Waals surface area contributed by atoms with Crippen LogP contribution in [0.15, 0.2) is 0 Å². The molecule has 0 bridgehead atoms. The molecule has 0 aliphatic carbocycles. The van der Waals surface area contributed by atoms with Crippen LogP contribution in [0.4, 0.5) is 0 Å². The van der Waals surface area contributed by atoms with E-state index in [1.54, 1.807) is 13.8 Å². The molecule has 0 aliphatic heterocycles. The summed E-state index contributed by atoms with van der Waals surface area (Å²) in [6.45, 7) is 3.90. The third-order valence-electron chi connectivity index (χ3n) is 1.86. The Bertz CT molecular complexity index is 209. The Morgan fingerprint density at radius 1 is 0.938 bits per heavy atom. The summed E-state index contributed by atoms with van der Waals surface area (Å²) >= 11 is 0. The van der Waals surface area contributed by atoms with Crippen molar-refractivity contribution in [1.82, 2.24) is 0 Å². The first-order chi connectivity index (χ1) is 7.49. The highest BCUT2D eigenvalue weighted by atomic mass is 16.5. The molecule has 0 aromatic carbocycles. The maximum Gasteiger partial charge on any atom is 0.306 e. The fourth-order valence-corrected chi connectivity index (χ4v) is 0.867. The molecule has 2 unspecified atom stereocenters. The number of carbonyl (C=O) groups excluding carboxylic acids is 2. The number of esters is 2. The van der Waals surface area contributed by atoms with E-state index in [1.165, 1.54) is 0 Å². The van der Waals surface area contributed by atoms with E-state index in [0.29, 0.717) is 0 Å². The molecule has 94 valence electrons. The first-order valence-corrected chi connectivity index (χ1v) is 5.28. The predicted octanol–water partition coefficient (Wildman–Crippen LogP) is -0.453. The van der Waals surface area contributed by atoms with Gasteiger partial charge in [0.25, 0.3) is 0 Å². The van der Waals surface area contributed by atoms with Gasteiger partial charge in [-0.1, -0.05) is 0 Å². The minimum Gasteiger partial charge on any atom is -0.461 e. The lowest BCUT2D eigenvalue weighted by atomic mass is 10.3. The predicted molar refractivity (Wildman–Crippen MR) is 58.5 cm³/mol. The van der Waals surface area contributed by atoms with E-state index in [0.717, 1.165) is 0 Å². The Hall–Kier alpha value is -1.14. The molecule has 0 aliphatic rings. The van der Waals surface area contributed by atoms with E-state index in [4.69, 9.17) is 20.9 Å². The molecule has 0 heterocycles. The largest absolute Gasteiger partial charge is 0.461 e. The zero-order valence-corrected chi connectivity index (χ0v) is 9.77. The molecule has 4 N–H and O–H groups in total. The minimum absolute atomic E-state index is 0.000461. The van der Waals surface area contributed by atoms with Crippen LogP contribution in [0, 0.1) is 0 Å². The molecule has 0 aromatic rings. The topological polar surface area (TPSA) is 105 Å². The third kappa shape index (κ3) is 7.19. The molecule has 0 aromatic heterocycles. The number of hydrogen-bond donors (Lipinski definition) is 2. The van der Waals surface area contributed by atoms with Gasteiger partial charge in [-0.3, -0.25) is 9.59 Å². The molecule has 0 fully saturated rings. The van der Waals surface area contributed by atoms with E-state index < -0.39 is 11.9 Å². The summed E-state index contributed by atoms with van der Waals surface area (Å²) in [5.74, 6) is -0.898. The molecular weight excluding hydrogens is 212 g/mol. The molecule has 16 heavy (non-hydrogen) atoms. The van der Waals surface area contributed by atoms with Crippen LogP contribution in [0.2, 0.25) is 0 Å². The summed E-state index contributed by atoms with van der Waals surface area (Å²) in [6, 6.07) is 0. The molecule has 0 saturated carbocycles. The smallest absolute Gasteiger partial charge is 0.306 e. The summed E-state index contributed by atoms with van der Waals surface area (Å²) in [7, 11) is 0. The second kappa shape index (κ2) is 8.06. The van der Waals surface area contributed by atoms with Crippen LogP contribution < -0.4 is 11.5 Å². The van der Waals surface area contributed by atoms with Gasteiger partial charge < -0.3 is 20.9 Å². The van der Waals surface area contributed by atoms with E-state index in [-0.39, 0.29) is 38.1 Å². The number of ether oxygens (including phenoxy) is 2. The zero-order valence-electron chi connectivity index (χ0n) is 9.77. The normalized spacial score (nSPS) is 14.0. The summed E-state index contributed by atoms with van der Waals surface area (Å²) < 4.78 is 9.77. The Labute approximate surface area is 95.3 Å². The summed E-state index contributed by atoms with van der Waals surface area (Å²) in [4.78, 5) is 22.3. The zero-order chi connectivity index (χ0) is 12.6. The van der Waals surface area contributed by atoms with Gasteiger partial charge >= 0.3 is 11.9 Å². The van der Waals surface area contributed by atoms with Crippen molar-refractivity contribution in [1.29, 1.82) is 0 Å². The van der Waals surface area contributed by atoms with Crippen molar-refractivity contribution in [2.24, 2.45) is 11.5 Å². The van der Waals surface area contributed by atoms with Crippen molar-refractivity contribution >= 4 is 11.9 Å². The molecule has 2 atom stereocenters. The Morgan fingerprint density at radius 3 is 1.50 bits per heavy atom. The molecule has 6 heteroatoms. The Morgan fingerprint density at radius 2 is 1.25 bits per heavy atom. The number of nitrogens with two attached hydrogens (primary N) is 2. The SMILES string of the molecule is CC(CN)OC(=O)CCC(=O)OC(C)CN. The molecule has 0 saturated heterocycles. The molecular formula is C10H20N2O4. The van der Waals surface area contributed by atoms with E-state index in [1.807, 2.05) is 0 Å². The van der Waals surface area contributed by atoms with Gasteiger partial charge in [-0.25, -0.2) is 0 Å². The van der Waals surface area contributed by atoms with Crippen molar-refractivity contribution in [3.05, 3.63) is 0 Å². The molecule has 6 nitrogen and oxygen atoms in total. The second-order valence-electron chi connectivity index (χ2n) is 3.57. The van der Waals surface area contributed by atoms with E-state index in [9.17, 15) is 9.59 Å². The Balaban J connectivity index is 3.71. The lowest BCUT2D eigenvalue weighted by molar-refractivity contribution is -0.154. The minimum atomic E-state index is -0.449. The quantitative estimate of drug-likeness (QED) is 0.576. The summed E-state index contributed by atoms with van der Waals surface area (Å²) in [5, 5.41) is 0. The average Bonchev–Trinajstić information content (AvgIpc) is 2.26. The molecule has 0 amide bonds. The summed E-state index contributed by atoms with van der Waals surface area (Å²) in [5.41, 5.74) is 10.6. The second-order valence-corrected chi connectivity index (χ2v) is 3.57. The standard InChI is InChI=1S/C10H20N2O4/c1-7(5-11)15-9(13)3-4-10(14)16-8(2)6-12/h7-8H,3-6,11-12H2,1-2H3. The van der Waals surface area contributed by atoms with Crippen LogP contribution in [-0.2, 0) is 19.1 Å². The van der Waals surface area contributed by atoms with E-state index in [2.05, 4.69) is 0 Å². The van der Waals surface area contributed by atoms with Gasteiger partial charge in [0.2, 0.25) is 0 Å². The van der Waals surface area contributed by atoms with Gasteiger partial charge in [0.1, 0.15) is 12.2 Å². The van der Waals surface area contributed by atoms with Crippen molar-refractivity contribution in [2.45, 2.75) is 38.9 Å². The monoisotopic (exact) mass is 232 g/mol. The maximum atomic E-state index is 11.2. The van der Waals surface area contributed by atoms with Crippen LogP contribution in [0.25, 0.3) is 0 Å². The highest BCUT2D eigenvalue weighted by molar-refractivity contribution is 5.77. The lowest BCUT2D eigenvalue weighted by Gasteiger charge is -2.12. The van der Waals surface area contributed by atoms with E-state index >= 15 is 0 Å². The van der Waals surface area contributed by atoms with Crippen molar-refractivity contribution in [3.8, 4) is 0 Å². The van der Waals surface area contributed by atoms with Crippen LogP contribution in [-0.4, -0.2) is 37.2 Å². The van der Waals surface area contributed by atoms with Crippen LogP contribution in [0.5, 0.6) is 0 Å². The van der Waals surface area contributed by atoms with Gasteiger partial charge in [-0.05, 0) is 13.8 Å². The van der Waals surface area contributed by atoms with Crippen LogP contribution >= 0.6 is 0 Å². The fourth-order valence-electron chi connectivity index (χ4n) is 0.867. The van der Waals surface area contributed by atoms with Gasteiger partial charge in [0.15, 0.2) is 0 Å². The average molecular weight is 232 g/mol. The van der Waals surface area contributed by atoms with Crippen molar-refractivity contribution in [2.75, 3.05) is 13.1 Å². The number of carbonyl (C=O) groups is 2. The Kier molecular flexibility index (Phi) is 7.49. The molecule has 0 radical (unpaired) electrons. The first kappa shape index (κ1) is 14.9. The molecule has 0 spiro atoms. The van der Waals surface area contributed by atoms with Gasteiger partial charge in [0, 0.05) is 13.1 Å². The molecule has 0 rings (SSSR count). The van der Waals surface area contributed by atoms with Crippen LogP contribution in [0.1, 0.15) is 26.7 Å². The third-order valence-corrected chi connectivity index (χ3v) is 1.86. The van der Waals surface area contributed by atoms with Gasteiger partial charge in [0.05, 0.1) is 12.8 Å². The lowest BCUT2D eigenvalue weighted by Crippen LogP contribution is -2.25. The van der Waals surface area contributed by atoms with Crippen molar-refractivity contribution < 1.29 is 19.1 Å². The number of hydrogen-bond acceptors (Lipinski definition) is 6. The van der Waals surface area contributed by atoms with Gasteiger partial charge in [-0.2, -0.15) is 0 Å². The van der Waals surface area contributed by atoms with Crippen LogP contribution in [0.3, 0.4) is 0 Å². The first-order valence-electron chi connectivity index (χ1n) is 5.28. The highest BCUT2D eigenvalue weighted by Crippen LogP contribution is 2.00. The van der Waals surface area contributed by atoms with Crippen molar-refractivity contribution in [3.63, 3.8) is 0 Å². The fraction of sp³-hybridized carbons (Fsp3) is 0.800. The van der Waals surface area contributed by atoms with Gasteiger partial charge in [-0.15, -0.1) is 0 Å². The number of rotatable bonds is 7.